The lowest BCUT2D eigenvalue weighted by Gasteiger charge is -2.05. The molecule has 1 heterocycles. The minimum Gasteiger partial charge on any atom is -0.373 e. The second kappa shape index (κ2) is 4.83. The topological polar surface area (TPSA) is 68.1 Å². The zero-order valence-electron chi connectivity index (χ0n) is 10.2. The highest BCUT2D eigenvalue weighted by Gasteiger charge is 2.11. The van der Waals surface area contributed by atoms with Crippen molar-refractivity contribution in [2.75, 3.05) is 12.4 Å². The van der Waals surface area contributed by atoms with Gasteiger partial charge in [0.25, 0.3) is 5.69 Å². The Morgan fingerprint density at radius 2 is 2.06 bits per heavy atom. The summed E-state index contributed by atoms with van der Waals surface area (Å²) in [6.45, 7) is 1.97. The molecule has 1 aromatic carbocycles. The maximum atomic E-state index is 10.9. The molecule has 0 saturated carbocycles. The molecule has 0 spiro atoms. The molecule has 0 fully saturated rings. The van der Waals surface area contributed by atoms with Gasteiger partial charge in [0.1, 0.15) is 5.82 Å². The highest BCUT2D eigenvalue weighted by molar-refractivity contribution is 5.65. The Labute approximate surface area is 105 Å². The van der Waals surface area contributed by atoms with Crippen molar-refractivity contribution in [3.05, 3.63) is 52.1 Å². The molecule has 1 aromatic heterocycles. The summed E-state index contributed by atoms with van der Waals surface area (Å²) in [4.78, 5) is 14.8. The monoisotopic (exact) mass is 243 g/mol. The Morgan fingerprint density at radius 1 is 1.28 bits per heavy atom. The molecule has 0 atom stereocenters. The summed E-state index contributed by atoms with van der Waals surface area (Å²) in [5.74, 6) is 0.487. The molecule has 2 aromatic rings. The van der Waals surface area contributed by atoms with Crippen LogP contribution in [0.3, 0.4) is 0 Å². The molecular weight excluding hydrogens is 230 g/mol. The molecule has 0 bridgehead atoms. The van der Waals surface area contributed by atoms with Crippen molar-refractivity contribution in [2.24, 2.45) is 0 Å². The van der Waals surface area contributed by atoms with Crippen LogP contribution in [0.15, 0.2) is 36.4 Å². The van der Waals surface area contributed by atoms with Gasteiger partial charge in [-0.15, -0.1) is 0 Å². The van der Waals surface area contributed by atoms with Crippen molar-refractivity contribution < 1.29 is 4.92 Å². The van der Waals surface area contributed by atoms with E-state index in [4.69, 9.17) is 0 Å². The van der Waals surface area contributed by atoms with E-state index in [0.29, 0.717) is 11.5 Å². The number of nitro groups is 1. The molecule has 18 heavy (non-hydrogen) atoms. The average molecular weight is 243 g/mol. The first-order chi connectivity index (χ1) is 8.60. The van der Waals surface area contributed by atoms with E-state index in [9.17, 15) is 10.1 Å². The molecule has 0 aliphatic heterocycles. The zero-order chi connectivity index (χ0) is 13.1. The standard InChI is InChI=1S/C13H13N3O2/c1-9-4-3-5-10(6-9)12-7-11(16(17)18)8-13(14-2)15-12/h3-8H,1-2H3,(H,14,15). The lowest BCUT2D eigenvalue weighted by molar-refractivity contribution is -0.384. The van der Waals surface area contributed by atoms with E-state index in [1.54, 1.807) is 7.05 Å². The van der Waals surface area contributed by atoms with Crippen LogP contribution in [0.4, 0.5) is 11.5 Å². The quantitative estimate of drug-likeness (QED) is 0.664. The van der Waals surface area contributed by atoms with E-state index >= 15 is 0 Å². The molecule has 0 aliphatic carbocycles. The van der Waals surface area contributed by atoms with Crippen LogP contribution in [0, 0.1) is 17.0 Å². The first-order valence-electron chi connectivity index (χ1n) is 5.51. The van der Waals surface area contributed by atoms with Gasteiger partial charge in [0.15, 0.2) is 0 Å². The van der Waals surface area contributed by atoms with E-state index in [-0.39, 0.29) is 5.69 Å². The number of aromatic nitrogens is 1. The Balaban J connectivity index is 2.56. The van der Waals surface area contributed by atoms with Gasteiger partial charge in [0.05, 0.1) is 16.7 Å². The fourth-order valence-corrected chi connectivity index (χ4v) is 1.70. The van der Waals surface area contributed by atoms with Gasteiger partial charge in [-0.1, -0.05) is 23.8 Å². The third-order valence-electron chi connectivity index (χ3n) is 2.59. The van der Waals surface area contributed by atoms with Crippen molar-refractivity contribution in [2.45, 2.75) is 6.92 Å². The SMILES string of the molecule is CNc1cc([N+](=O)[O-])cc(-c2cccc(C)c2)n1. The minimum absolute atomic E-state index is 0.0332. The second-order valence-corrected chi connectivity index (χ2v) is 3.97. The van der Waals surface area contributed by atoms with Gasteiger partial charge in [0.2, 0.25) is 0 Å². The van der Waals surface area contributed by atoms with Crippen LogP contribution in [0.25, 0.3) is 11.3 Å². The summed E-state index contributed by atoms with van der Waals surface area (Å²) >= 11 is 0. The van der Waals surface area contributed by atoms with E-state index in [1.165, 1.54) is 12.1 Å². The Kier molecular flexibility index (Phi) is 3.23. The third kappa shape index (κ3) is 2.45. The van der Waals surface area contributed by atoms with Crippen molar-refractivity contribution >= 4 is 11.5 Å². The number of pyridine rings is 1. The Bertz CT molecular complexity index is 597. The summed E-state index contributed by atoms with van der Waals surface area (Å²) in [6, 6.07) is 10.6. The van der Waals surface area contributed by atoms with E-state index < -0.39 is 4.92 Å². The molecule has 0 radical (unpaired) electrons. The summed E-state index contributed by atoms with van der Waals surface area (Å²) in [5, 5.41) is 13.7. The molecule has 5 nitrogen and oxygen atoms in total. The van der Waals surface area contributed by atoms with E-state index in [0.717, 1.165) is 11.1 Å². The summed E-state index contributed by atoms with van der Waals surface area (Å²) in [7, 11) is 1.69. The van der Waals surface area contributed by atoms with Gasteiger partial charge in [-0.2, -0.15) is 0 Å². The number of aryl methyl sites for hydroxylation is 1. The number of benzene rings is 1. The van der Waals surface area contributed by atoms with Crippen LogP contribution in [-0.4, -0.2) is 17.0 Å². The van der Waals surface area contributed by atoms with Gasteiger partial charge in [-0.25, -0.2) is 4.98 Å². The van der Waals surface area contributed by atoms with Gasteiger partial charge in [-0.05, 0) is 13.0 Å². The lowest BCUT2D eigenvalue weighted by atomic mass is 10.1. The number of nitrogens with zero attached hydrogens (tertiary/aromatic N) is 2. The summed E-state index contributed by atoms with van der Waals surface area (Å²) in [5.41, 5.74) is 2.59. The van der Waals surface area contributed by atoms with Crippen LogP contribution in [0.1, 0.15) is 5.56 Å². The van der Waals surface area contributed by atoms with E-state index in [2.05, 4.69) is 10.3 Å². The lowest BCUT2D eigenvalue weighted by Crippen LogP contribution is -1.97. The molecule has 5 heteroatoms. The predicted molar refractivity (Wildman–Crippen MR) is 70.6 cm³/mol. The number of nitrogens with one attached hydrogen (secondary N) is 1. The first-order valence-corrected chi connectivity index (χ1v) is 5.51. The van der Waals surface area contributed by atoms with Crippen molar-refractivity contribution in [3.63, 3.8) is 0 Å². The molecule has 0 unspecified atom stereocenters. The number of anilines is 1. The molecule has 0 saturated heterocycles. The molecule has 92 valence electrons. The number of rotatable bonds is 3. The maximum Gasteiger partial charge on any atom is 0.275 e. The van der Waals surface area contributed by atoms with Gasteiger partial charge in [0, 0.05) is 18.7 Å². The Hall–Kier alpha value is -2.43. The van der Waals surface area contributed by atoms with Crippen LogP contribution in [0.2, 0.25) is 0 Å². The maximum absolute atomic E-state index is 10.9. The fraction of sp³-hybridized carbons (Fsp3) is 0.154. The first kappa shape index (κ1) is 12.0. The van der Waals surface area contributed by atoms with Crippen molar-refractivity contribution in [3.8, 4) is 11.3 Å². The predicted octanol–water partition coefficient (Wildman–Crippen LogP) is 3.01. The third-order valence-corrected chi connectivity index (χ3v) is 2.59. The smallest absolute Gasteiger partial charge is 0.275 e. The van der Waals surface area contributed by atoms with Crippen LogP contribution >= 0.6 is 0 Å². The number of hydrogen-bond donors (Lipinski definition) is 1. The summed E-state index contributed by atoms with van der Waals surface area (Å²) < 4.78 is 0. The van der Waals surface area contributed by atoms with Crippen LogP contribution < -0.4 is 5.32 Å². The van der Waals surface area contributed by atoms with Gasteiger partial charge < -0.3 is 5.32 Å². The van der Waals surface area contributed by atoms with Gasteiger partial charge in [-0.3, -0.25) is 10.1 Å². The Morgan fingerprint density at radius 3 is 2.67 bits per heavy atom. The molecule has 2 rings (SSSR count). The highest BCUT2D eigenvalue weighted by Crippen LogP contribution is 2.25. The van der Waals surface area contributed by atoms with Crippen molar-refractivity contribution in [1.82, 2.24) is 4.98 Å². The highest BCUT2D eigenvalue weighted by atomic mass is 16.6. The molecule has 1 N–H and O–H groups in total. The molecule has 0 aliphatic rings. The normalized spacial score (nSPS) is 10.1. The molecule has 0 amide bonds. The second-order valence-electron chi connectivity index (χ2n) is 3.97. The minimum atomic E-state index is -0.415. The van der Waals surface area contributed by atoms with Crippen LogP contribution in [0.5, 0.6) is 0 Å². The van der Waals surface area contributed by atoms with Gasteiger partial charge >= 0.3 is 0 Å². The average Bonchev–Trinajstić information content (AvgIpc) is 2.38. The van der Waals surface area contributed by atoms with Crippen molar-refractivity contribution in [1.29, 1.82) is 0 Å². The largest absolute Gasteiger partial charge is 0.373 e. The summed E-state index contributed by atoms with van der Waals surface area (Å²) in [6.07, 6.45) is 0. The van der Waals surface area contributed by atoms with Crippen LogP contribution in [-0.2, 0) is 0 Å². The fourth-order valence-electron chi connectivity index (χ4n) is 1.70. The zero-order valence-corrected chi connectivity index (χ0v) is 10.2. The molecular formula is C13H13N3O2. The number of hydrogen-bond acceptors (Lipinski definition) is 4. The van der Waals surface area contributed by atoms with E-state index in [1.807, 2.05) is 31.2 Å².